The van der Waals surface area contributed by atoms with Gasteiger partial charge >= 0.3 is 0 Å². The van der Waals surface area contributed by atoms with Crippen LogP contribution in [-0.2, 0) is 11.3 Å². The van der Waals surface area contributed by atoms with Crippen molar-refractivity contribution in [2.75, 3.05) is 13.2 Å². The van der Waals surface area contributed by atoms with Crippen LogP contribution < -0.4 is 5.32 Å². The van der Waals surface area contributed by atoms with Crippen LogP contribution in [0.4, 0.5) is 0 Å². The highest BCUT2D eigenvalue weighted by molar-refractivity contribution is 7.18. The summed E-state index contributed by atoms with van der Waals surface area (Å²) < 4.78 is 5.40. The molecule has 0 bridgehead atoms. The van der Waals surface area contributed by atoms with Crippen LogP contribution in [0.3, 0.4) is 0 Å². The van der Waals surface area contributed by atoms with Crippen molar-refractivity contribution in [3.05, 3.63) is 26.7 Å². The van der Waals surface area contributed by atoms with E-state index in [9.17, 15) is 0 Å². The third-order valence-corrected chi connectivity index (χ3v) is 5.74. The Balaban J connectivity index is 1.92. The molecule has 3 heterocycles. The lowest BCUT2D eigenvalue weighted by molar-refractivity contribution is 0.190. The Morgan fingerprint density at radius 1 is 1.35 bits per heavy atom. The molecule has 1 atom stereocenters. The van der Waals surface area contributed by atoms with Gasteiger partial charge in [-0.05, 0) is 38.3 Å². The number of thiophene rings is 1. The van der Waals surface area contributed by atoms with Gasteiger partial charge in [-0.2, -0.15) is 0 Å². The summed E-state index contributed by atoms with van der Waals surface area (Å²) in [6, 6.07) is 0.485. The summed E-state index contributed by atoms with van der Waals surface area (Å²) in [7, 11) is 0. The molecule has 3 rings (SSSR count). The van der Waals surface area contributed by atoms with E-state index in [2.05, 4.69) is 24.1 Å². The standard InChI is InChI=1S/C15H19ClN2OS/c1-8-12(6-17-11-4-5-19-7-11)20-15-13(8)9(2)14(16)10(3)18-15/h11,17H,4-7H2,1-3H3. The third kappa shape index (κ3) is 2.46. The number of ether oxygens (including phenoxy) is 1. The van der Waals surface area contributed by atoms with E-state index in [1.54, 1.807) is 11.3 Å². The summed E-state index contributed by atoms with van der Waals surface area (Å²) >= 11 is 8.10. The van der Waals surface area contributed by atoms with Gasteiger partial charge < -0.3 is 10.1 Å². The quantitative estimate of drug-likeness (QED) is 0.937. The minimum Gasteiger partial charge on any atom is -0.380 e. The Kier molecular flexibility index (Phi) is 4.00. The zero-order chi connectivity index (χ0) is 14.3. The Labute approximate surface area is 128 Å². The number of aromatic nitrogens is 1. The fourth-order valence-electron chi connectivity index (χ4n) is 2.75. The molecular formula is C15H19ClN2OS. The lowest BCUT2D eigenvalue weighted by atomic mass is 10.1. The molecule has 5 heteroatoms. The van der Waals surface area contributed by atoms with Gasteiger partial charge in [-0.3, -0.25) is 0 Å². The number of nitrogens with one attached hydrogen (secondary N) is 1. The summed E-state index contributed by atoms with van der Waals surface area (Å²) in [5.41, 5.74) is 3.38. The van der Waals surface area contributed by atoms with Crippen molar-refractivity contribution in [2.24, 2.45) is 0 Å². The predicted molar refractivity (Wildman–Crippen MR) is 84.9 cm³/mol. The fraction of sp³-hybridized carbons (Fsp3) is 0.533. The molecule has 0 saturated carbocycles. The van der Waals surface area contributed by atoms with Crippen molar-refractivity contribution in [1.82, 2.24) is 10.3 Å². The van der Waals surface area contributed by atoms with E-state index in [0.717, 1.165) is 47.3 Å². The van der Waals surface area contributed by atoms with Gasteiger partial charge in [0.2, 0.25) is 0 Å². The van der Waals surface area contributed by atoms with Crippen LogP contribution in [0.1, 0.15) is 28.1 Å². The molecule has 20 heavy (non-hydrogen) atoms. The van der Waals surface area contributed by atoms with Gasteiger partial charge in [-0.1, -0.05) is 11.6 Å². The SMILES string of the molecule is Cc1nc2sc(CNC3CCOC3)c(C)c2c(C)c1Cl. The molecule has 1 unspecified atom stereocenters. The van der Waals surface area contributed by atoms with Gasteiger partial charge in [0.1, 0.15) is 4.83 Å². The second-order valence-electron chi connectivity index (χ2n) is 5.41. The molecule has 0 amide bonds. The molecule has 1 saturated heterocycles. The van der Waals surface area contributed by atoms with Crippen LogP contribution in [0.2, 0.25) is 5.02 Å². The molecule has 2 aromatic rings. The smallest absolute Gasteiger partial charge is 0.124 e. The highest BCUT2D eigenvalue weighted by Crippen LogP contribution is 2.35. The molecule has 0 radical (unpaired) electrons. The highest BCUT2D eigenvalue weighted by atomic mass is 35.5. The van der Waals surface area contributed by atoms with E-state index in [4.69, 9.17) is 16.3 Å². The monoisotopic (exact) mass is 310 g/mol. The predicted octanol–water partition coefficient (Wildman–Crippen LogP) is 3.75. The zero-order valence-electron chi connectivity index (χ0n) is 12.0. The van der Waals surface area contributed by atoms with Gasteiger partial charge in [-0.25, -0.2) is 4.98 Å². The van der Waals surface area contributed by atoms with Crippen LogP contribution in [0.25, 0.3) is 10.2 Å². The first-order chi connectivity index (χ1) is 9.58. The van der Waals surface area contributed by atoms with Crippen molar-refractivity contribution >= 4 is 33.2 Å². The molecule has 1 N–H and O–H groups in total. The van der Waals surface area contributed by atoms with Crippen LogP contribution in [0, 0.1) is 20.8 Å². The van der Waals surface area contributed by atoms with Crippen LogP contribution in [0.15, 0.2) is 0 Å². The average molecular weight is 311 g/mol. The lowest BCUT2D eigenvalue weighted by Crippen LogP contribution is -2.28. The summed E-state index contributed by atoms with van der Waals surface area (Å²) in [5, 5.41) is 5.59. The number of hydrogen-bond donors (Lipinski definition) is 1. The Bertz CT molecular complexity index is 647. The van der Waals surface area contributed by atoms with E-state index in [1.165, 1.54) is 15.8 Å². The van der Waals surface area contributed by atoms with Gasteiger partial charge in [0.25, 0.3) is 0 Å². The van der Waals surface area contributed by atoms with Gasteiger partial charge in [0, 0.05) is 29.5 Å². The number of nitrogens with zero attached hydrogens (tertiary/aromatic N) is 1. The first kappa shape index (κ1) is 14.3. The number of rotatable bonds is 3. The Morgan fingerprint density at radius 3 is 2.85 bits per heavy atom. The second kappa shape index (κ2) is 5.60. The van der Waals surface area contributed by atoms with E-state index in [1.807, 2.05) is 6.92 Å². The molecule has 0 spiro atoms. The fourth-order valence-corrected chi connectivity index (χ4v) is 4.12. The maximum atomic E-state index is 6.33. The summed E-state index contributed by atoms with van der Waals surface area (Å²) in [6.07, 6.45) is 1.10. The van der Waals surface area contributed by atoms with Gasteiger partial charge in [-0.15, -0.1) is 11.3 Å². The summed E-state index contributed by atoms with van der Waals surface area (Å²) in [4.78, 5) is 7.08. The molecule has 0 aromatic carbocycles. The minimum absolute atomic E-state index is 0.485. The van der Waals surface area contributed by atoms with Crippen molar-refractivity contribution < 1.29 is 4.74 Å². The van der Waals surface area contributed by atoms with Crippen LogP contribution >= 0.6 is 22.9 Å². The maximum Gasteiger partial charge on any atom is 0.124 e. The highest BCUT2D eigenvalue weighted by Gasteiger charge is 2.18. The number of aryl methyl sites for hydroxylation is 3. The molecule has 1 fully saturated rings. The largest absolute Gasteiger partial charge is 0.380 e. The Morgan fingerprint density at radius 2 is 2.15 bits per heavy atom. The van der Waals surface area contributed by atoms with E-state index >= 15 is 0 Å². The summed E-state index contributed by atoms with van der Waals surface area (Å²) in [5.74, 6) is 0. The van der Waals surface area contributed by atoms with Crippen LogP contribution in [0.5, 0.6) is 0 Å². The number of pyridine rings is 1. The Hall–Kier alpha value is -0.680. The third-order valence-electron chi connectivity index (χ3n) is 4.00. The number of hydrogen-bond acceptors (Lipinski definition) is 4. The van der Waals surface area contributed by atoms with Crippen molar-refractivity contribution in [3.8, 4) is 0 Å². The zero-order valence-corrected chi connectivity index (χ0v) is 13.6. The number of halogens is 1. The number of fused-ring (bicyclic) bond motifs is 1. The normalized spacial score (nSPS) is 19.1. The molecule has 2 aromatic heterocycles. The first-order valence-electron chi connectivity index (χ1n) is 6.93. The first-order valence-corrected chi connectivity index (χ1v) is 8.13. The van der Waals surface area contributed by atoms with E-state index in [0.29, 0.717) is 6.04 Å². The maximum absolute atomic E-state index is 6.33. The van der Waals surface area contributed by atoms with Gasteiger partial charge in [0.15, 0.2) is 0 Å². The molecule has 108 valence electrons. The minimum atomic E-state index is 0.485. The molecule has 3 nitrogen and oxygen atoms in total. The van der Waals surface area contributed by atoms with E-state index in [-0.39, 0.29) is 0 Å². The second-order valence-corrected chi connectivity index (χ2v) is 6.87. The van der Waals surface area contributed by atoms with Crippen molar-refractivity contribution in [1.29, 1.82) is 0 Å². The average Bonchev–Trinajstić information content (AvgIpc) is 3.02. The molecular weight excluding hydrogens is 292 g/mol. The topological polar surface area (TPSA) is 34.2 Å². The van der Waals surface area contributed by atoms with Crippen molar-refractivity contribution in [3.63, 3.8) is 0 Å². The lowest BCUT2D eigenvalue weighted by Gasteiger charge is -2.09. The van der Waals surface area contributed by atoms with Gasteiger partial charge in [0.05, 0.1) is 17.3 Å². The molecule has 1 aliphatic rings. The molecule has 1 aliphatic heterocycles. The van der Waals surface area contributed by atoms with Crippen LogP contribution in [-0.4, -0.2) is 24.2 Å². The van der Waals surface area contributed by atoms with E-state index < -0.39 is 0 Å². The molecule has 0 aliphatic carbocycles. The van der Waals surface area contributed by atoms with Crippen molar-refractivity contribution in [2.45, 2.75) is 39.8 Å². The summed E-state index contributed by atoms with van der Waals surface area (Å²) in [6.45, 7) is 8.81.